The van der Waals surface area contributed by atoms with Crippen molar-refractivity contribution in [3.05, 3.63) is 33.8 Å². The summed E-state index contributed by atoms with van der Waals surface area (Å²) in [6.45, 7) is 6.15. The van der Waals surface area contributed by atoms with E-state index in [2.05, 4.69) is 19.2 Å². The molecule has 1 aromatic rings. The van der Waals surface area contributed by atoms with Gasteiger partial charge in [-0.25, -0.2) is 0 Å². The molecule has 3 unspecified atom stereocenters. The van der Waals surface area contributed by atoms with Crippen LogP contribution in [0.15, 0.2) is 18.2 Å². The van der Waals surface area contributed by atoms with Gasteiger partial charge in [0.2, 0.25) is 0 Å². The van der Waals surface area contributed by atoms with E-state index in [-0.39, 0.29) is 6.10 Å². The first-order chi connectivity index (χ1) is 9.11. The zero-order chi connectivity index (χ0) is 13.8. The van der Waals surface area contributed by atoms with Crippen LogP contribution in [0.25, 0.3) is 0 Å². The lowest BCUT2D eigenvalue weighted by Crippen LogP contribution is -2.43. The third-order valence-electron chi connectivity index (χ3n) is 3.75. The van der Waals surface area contributed by atoms with Gasteiger partial charge >= 0.3 is 0 Å². The van der Waals surface area contributed by atoms with E-state index in [1.807, 2.05) is 18.2 Å². The van der Waals surface area contributed by atoms with Crippen LogP contribution >= 0.6 is 23.2 Å². The quantitative estimate of drug-likeness (QED) is 0.889. The first-order valence-electron chi connectivity index (χ1n) is 6.90. The smallest absolute Gasteiger partial charge is 0.0757 e. The molecule has 1 aliphatic rings. The van der Waals surface area contributed by atoms with Crippen molar-refractivity contribution in [3.63, 3.8) is 0 Å². The maximum absolute atomic E-state index is 6.26. The Morgan fingerprint density at radius 1 is 1.42 bits per heavy atom. The molecule has 0 aliphatic carbocycles. The number of hydrogen-bond acceptors (Lipinski definition) is 2. The summed E-state index contributed by atoms with van der Waals surface area (Å²) < 4.78 is 5.88. The van der Waals surface area contributed by atoms with E-state index >= 15 is 0 Å². The van der Waals surface area contributed by atoms with Crippen molar-refractivity contribution in [2.45, 2.75) is 38.8 Å². The number of benzene rings is 1. The van der Waals surface area contributed by atoms with Gasteiger partial charge in [0, 0.05) is 22.7 Å². The molecule has 0 saturated carbocycles. The topological polar surface area (TPSA) is 21.3 Å². The average molecular weight is 302 g/mol. The Kier molecular flexibility index (Phi) is 5.52. The van der Waals surface area contributed by atoms with Gasteiger partial charge in [-0.2, -0.15) is 0 Å². The third kappa shape index (κ3) is 3.85. The van der Waals surface area contributed by atoms with Gasteiger partial charge in [-0.05, 0) is 49.1 Å². The highest BCUT2D eigenvalue weighted by Gasteiger charge is 2.31. The highest BCUT2D eigenvalue weighted by molar-refractivity contribution is 6.33. The molecule has 1 N–H and O–H groups in total. The van der Waals surface area contributed by atoms with Gasteiger partial charge < -0.3 is 10.1 Å². The van der Waals surface area contributed by atoms with Crippen LogP contribution in [0.5, 0.6) is 0 Å². The summed E-state index contributed by atoms with van der Waals surface area (Å²) in [6, 6.07) is 5.93. The van der Waals surface area contributed by atoms with E-state index in [1.54, 1.807) is 0 Å². The second-order valence-electron chi connectivity index (χ2n) is 5.21. The molecule has 3 atom stereocenters. The van der Waals surface area contributed by atoms with Crippen LogP contribution in [-0.2, 0) is 11.2 Å². The number of halogens is 2. The van der Waals surface area contributed by atoms with E-state index in [0.29, 0.717) is 12.0 Å². The molecule has 1 aliphatic heterocycles. The largest absolute Gasteiger partial charge is 0.376 e. The predicted molar refractivity (Wildman–Crippen MR) is 81.2 cm³/mol. The summed E-state index contributed by atoms with van der Waals surface area (Å²) in [5.41, 5.74) is 1.09. The molecular weight excluding hydrogens is 281 g/mol. The maximum Gasteiger partial charge on any atom is 0.0757 e. The van der Waals surface area contributed by atoms with Gasteiger partial charge in [0.1, 0.15) is 0 Å². The second kappa shape index (κ2) is 6.94. The zero-order valence-corrected chi connectivity index (χ0v) is 13.0. The summed E-state index contributed by atoms with van der Waals surface area (Å²) >= 11 is 12.3. The molecular formula is C15H21Cl2NO. The van der Waals surface area contributed by atoms with E-state index in [0.717, 1.165) is 41.6 Å². The fourth-order valence-electron chi connectivity index (χ4n) is 2.73. The predicted octanol–water partition coefficient (Wildman–Crippen LogP) is 3.94. The van der Waals surface area contributed by atoms with Crippen molar-refractivity contribution >= 4 is 23.2 Å². The molecule has 0 aromatic heterocycles. The van der Waals surface area contributed by atoms with Gasteiger partial charge in [0.15, 0.2) is 0 Å². The van der Waals surface area contributed by atoms with Crippen molar-refractivity contribution in [1.29, 1.82) is 0 Å². The SMILES string of the molecule is CCNC(Cc1cc(Cl)ccc1Cl)C1OCCC1C. The minimum atomic E-state index is 0.259. The maximum atomic E-state index is 6.26. The fourth-order valence-corrected chi connectivity index (χ4v) is 3.12. The molecule has 1 fully saturated rings. The Labute approximate surface area is 125 Å². The van der Waals surface area contributed by atoms with Crippen LogP contribution < -0.4 is 5.32 Å². The number of hydrogen-bond donors (Lipinski definition) is 1. The lowest BCUT2D eigenvalue weighted by Gasteiger charge is -2.27. The third-order valence-corrected chi connectivity index (χ3v) is 4.36. The molecule has 0 amide bonds. The fraction of sp³-hybridized carbons (Fsp3) is 0.600. The van der Waals surface area contributed by atoms with Gasteiger partial charge in [-0.15, -0.1) is 0 Å². The zero-order valence-electron chi connectivity index (χ0n) is 11.5. The molecule has 106 valence electrons. The monoisotopic (exact) mass is 301 g/mol. The van der Waals surface area contributed by atoms with Crippen molar-refractivity contribution < 1.29 is 4.74 Å². The van der Waals surface area contributed by atoms with Gasteiger partial charge in [0.05, 0.1) is 6.10 Å². The van der Waals surface area contributed by atoms with Crippen LogP contribution in [-0.4, -0.2) is 25.3 Å². The molecule has 19 heavy (non-hydrogen) atoms. The normalized spacial score (nSPS) is 24.6. The number of rotatable bonds is 5. The van der Waals surface area contributed by atoms with Gasteiger partial charge in [-0.1, -0.05) is 37.0 Å². The van der Waals surface area contributed by atoms with Crippen LogP contribution in [0, 0.1) is 5.92 Å². The number of nitrogens with one attached hydrogen (secondary N) is 1. The van der Waals surface area contributed by atoms with E-state index in [9.17, 15) is 0 Å². The van der Waals surface area contributed by atoms with Gasteiger partial charge in [0.25, 0.3) is 0 Å². The summed E-state index contributed by atoms with van der Waals surface area (Å²) in [5, 5.41) is 5.03. The Morgan fingerprint density at radius 2 is 2.21 bits per heavy atom. The Hall–Kier alpha value is -0.280. The minimum Gasteiger partial charge on any atom is -0.376 e. The van der Waals surface area contributed by atoms with Crippen LogP contribution in [0.1, 0.15) is 25.8 Å². The average Bonchev–Trinajstić information content (AvgIpc) is 2.79. The molecule has 1 saturated heterocycles. The Balaban J connectivity index is 2.13. The molecule has 2 rings (SSSR count). The Morgan fingerprint density at radius 3 is 2.84 bits per heavy atom. The number of ether oxygens (including phenoxy) is 1. The first-order valence-corrected chi connectivity index (χ1v) is 7.66. The summed E-state index contributed by atoms with van der Waals surface area (Å²) in [5.74, 6) is 0.585. The summed E-state index contributed by atoms with van der Waals surface area (Å²) in [6.07, 6.45) is 2.24. The molecule has 1 aromatic carbocycles. The molecule has 4 heteroatoms. The lowest BCUT2D eigenvalue weighted by molar-refractivity contribution is 0.0615. The molecule has 0 bridgehead atoms. The minimum absolute atomic E-state index is 0.259. The van der Waals surface area contributed by atoms with E-state index in [1.165, 1.54) is 0 Å². The van der Waals surface area contributed by atoms with Crippen molar-refractivity contribution in [1.82, 2.24) is 5.32 Å². The first kappa shape index (κ1) is 15.1. The molecule has 0 spiro atoms. The van der Waals surface area contributed by atoms with E-state index < -0.39 is 0 Å². The van der Waals surface area contributed by atoms with E-state index in [4.69, 9.17) is 27.9 Å². The summed E-state index contributed by atoms with van der Waals surface area (Å²) in [4.78, 5) is 0. The lowest BCUT2D eigenvalue weighted by atomic mass is 9.93. The van der Waals surface area contributed by atoms with Crippen LogP contribution in [0.4, 0.5) is 0 Å². The Bertz CT molecular complexity index is 425. The van der Waals surface area contributed by atoms with Crippen LogP contribution in [0.3, 0.4) is 0 Å². The van der Waals surface area contributed by atoms with Crippen molar-refractivity contribution in [2.24, 2.45) is 5.92 Å². The van der Waals surface area contributed by atoms with Crippen molar-refractivity contribution in [3.8, 4) is 0 Å². The van der Waals surface area contributed by atoms with Crippen LogP contribution in [0.2, 0.25) is 10.0 Å². The highest BCUT2D eigenvalue weighted by atomic mass is 35.5. The highest BCUT2D eigenvalue weighted by Crippen LogP contribution is 2.27. The number of likely N-dealkylation sites (N-methyl/N-ethyl adjacent to an activating group) is 1. The second-order valence-corrected chi connectivity index (χ2v) is 6.05. The molecule has 2 nitrogen and oxygen atoms in total. The molecule has 0 radical (unpaired) electrons. The van der Waals surface area contributed by atoms with Gasteiger partial charge in [-0.3, -0.25) is 0 Å². The van der Waals surface area contributed by atoms with Crippen molar-refractivity contribution in [2.75, 3.05) is 13.2 Å². The summed E-state index contributed by atoms with van der Waals surface area (Å²) in [7, 11) is 0. The molecule has 1 heterocycles. The standard InChI is InChI=1S/C15H21Cl2NO/c1-3-18-14(15-10(2)6-7-19-15)9-11-8-12(16)4-5-13(11)17/h4-5,8,10,14-15,18H,3,6-7,9H2,1-2H3.